The quantitative estimate of drug-likeness (QED) is 0.374. The molecular formula is C19H23NO4S. The van der Waals surface area contributed by atoms with Gasteiger partial charge in [-0.2, -0.15) is 0 Å². The zero-order chi connectivity index (χ0) is 18.1. The summed E-state index contributed by atoms with van der Waals surface area (Å²) in [5.41, 5.74) is 0.909. The molecule has 2 amide bonds. The molecule has 2 rings (SSSR count). The molecule has 0 radical (unpaired) electrons. The Bertz CT molecular complexity index is 642. The van der Waals surface area contributed by atoms with Crippen molar-refractivity contribution in [1.29, 1.82) is 0 Å². The minimum Gasteiger partial charge on any atom is -0.466 e. The van der Waals surface area contributed by atoms with Crippen molar-refractivity contribution in [2.75, 3.05) is 13.2 Å². The van der Waals surface area contributed by atoms with E-state index >= 15 is 0 Å². The summed E-state index contributed by atoms with van der Waals surface area (Å²) >= 11 is 0.992. The molecule has 134 valence electrons. The van der Waals surface area contributed by atoms with Crippen LogP contribution in [0.1, 0.15) is 44.6 Å². The second-order valence-electron chi connectivity index (χ2n) is 5.71. The second-order valence-corrected chi connectivity index (χ2v) is 6.71. The van der Waals surface area contributed by atoms with Gasteiger partial charge < -0.3 is 4.74 Å². The smallest absolute Gasteiger partial charge is 0.305 e. The highest BCUT2D eigenvalue weighted by Crippen LogP contribution is 2.32. The summed E-state index contributed by atoms with van der Waals surface area (Å²) < 4.78 is 4.87. The van der Waals surface area contributed by atoms with Gasteiger partial charge in [-0.15, -0.1) is 0 Å². The lowest BCUT2D eigenvalue weighted by Gasteiger charge is -2.11. The molecular weight excluding hydrogens is 338 g/mol. The highest BCUT2D eigenvalue weighted by atomic mass is 32.2. The average Bonchev–Trinajstić information content (AvgIpc) is 2.86. The molecule has 0 unspecified atom stereocenters. The molecule has 0 N–H and O–H groups in total. The van der Waals surface area contributed by atoms with Crippen molar-refractivity contribution in [3.63, 3.8) is 0 Å². The Morgan fingerprint density at radius 2 is 1.84 bits per heavy atom. The highest BCUT2D eigenvalue weighted by molar-refractivity contribution is 8.18. The lowest BCUT2D eigenvalue weighted by atomic mass is 10.1. The number of imide groups is 1. The maximum absolute atomic E-state index is 12.4. The molecule has 1 aromatic rings. The van der Waals surface area contributed by atoms with Crippen LogP contribution >= 0.6 is 11.8 Å². The van der Waals surface area contributed by atoms with Gasteiger partial charge in [0.05, 0.1) is 11.5 Å². The van der Waals surface area contributed by atoms with Crippen molar-refractivity contribution in [3.05, 3.63) is 40.8 Å². The van der Waals surface area contributed by atoms with Gasteiger partial charge in [-0.25, -0.2) is 0 Å². The number of carbonyl (C=O) groups excluding carboxylic acids is 3. The number of thioether (sulfide) groups is 1. The Labute approximate surface area is 152 Å². The Balaban J connectivity index is 1.74. The number of hydrogen-bond acceptors (Lipinski definition) is 5. The van der Waals surface area contributed by atoms with E-state index in [-0.39, 0.29) is 17.1 Å². The molecule has 1 saturated heterocycles. The normalized spacial score (nSPS) is 15.9. The number of esters is 1. The van der Waals surface area contributed by atoms with E-state index in [0.717, 1.165) is 43.0 Å². The van der Waals surface area contributed by atoms with E-state index in [1.54, 1.807) is 13.0 Å². The van der Waals surface area contributed by atoms with Crippen LogP contribution in [0.4, 0.5) is 4.79 Å². The Hall–Kier alpha value is -2.08. The van der Waals surface area contributed by atoms with Crippen LogP contribution < -0.4 is 0 Å². The van der Waals surface area contributed by atoms with Gasteiger partial charge in [0.1, 0.15) is 0 Å². The number of ether oxygens (including phenoxy) is 1. The van der Waals surface area contributed by atoms with Gasteiger partial charge in [-0.3, -0.25) is 19.3 Å². The Morgan fingerprint density at radius 3 is 2.56 bits per heavy atom. The third kappa shape index (κ3) is 6.05. The first-order valence-electron chi connectivity index (χ1n) is 8.58. The number of benzene rings is 1. The molecule has 6 heteroatoms. The van der Waals surface area contributed by atoms with Crippen LogP contribution in [-0.4, -0.2) is 35.2 Å². The first-order chi connectivity index (χ1) is 12.1. The summed E-state index contributed by atoms with van der Waals surface area (Å²) in [6, 6.07) is 9.50. The minimum atomic E-state index is -0.217. The fraction of sp³-hybridized carbons (Fsp3) is 0.421. The summed E-state index contributed by atoms with van der Waals surface area (Å²) in [4.78, 5) is 37.4. The fourth-order valence-corrected chi connectivity index (χ4v) is 3.38. The molecule has 0 spiro atoms. The molecule has 0 atom stereocenters. The molecule has 0 saturated carbocycles. The van der Waals surface area contributed by atoms with Gasteiger partial charge >= 0.3 is 5.97 Å². The maximum Gasteiger partial charge on any atom is 0.305 e. The standard InChI is InChI=1S/C19H23NO4S/c1-2-24-17(21)12-8-3-4-9-13-20-18(22)16(25-19(20)23)14-15-10-6-5-7-11-15/h5-7,10-11,14H,2-4,8-9,12-13H2,1H3/b16-14-. The summed E-state index contributed by atoms with van der Waals surface area (Å²) in [5.74, 6) is -0.384. The average molecular weight is 361 g/mol. The highest BCUT2D eigenvalue weighted by Gasteiger charge is 2.34. The summed E-state index contributed by atoms with van der Waals surface area (Å²) in [5, 5.41) is -0.210. The van der Waals surface area contributed by atoms with E-state index in [1.165, 1.54) is 4.90 Å². The van der Waals surface area contributed by atoms with Crippen LogP contribution in [0.15, 0.2) is 35.2 Å². The molecule has 1 aliphatic heterocycles. The van der Waals surface area contributed by atoms with E-state index in [9.17, 15) is 14.4 Å². The Kier molecular flexibility index (Phi) is 7.73. The van der Waals surface area contributed by atoms with Crippen molar-refractivity contribution in [1.82, 2.24) is 4.90 Å². The van der Waals surface area contributed by atoms with Crippen molar-refractivity contribution in [3.8, 4) is 0 Å². The SMILES string of the molecule is CCOC(=O)CCCCCCN1C(=O)S/C(=C\c2ccccc2)C1=O. The fourth-order valence-electron chi connectivity index (χ4n) is 2.52. The molecule has 1 aromatic carbocycles. The van der Waals surface area contributed by atoms with Gasteiger partial charge in [-0.1, -0.05) is 43.2 Å². The zero-order valence-corrected chi connectivity index (χ0v) is 15.2. The van der Waals surface area contributed by atoms with Crippen molar-refractivity contribution < 1.29 is 19.1 Å². The molecule has 1 aliphatic rings. The minimum absolute atomic E-state index is 0.167. The first-order valence-corrected chi connectivity index (χ1v) is 9.39. The number of carbonyl (C=O) groups is 3. The number of nitrogens with zero attached hydrogens (tertiary/aromatic N) is 1. The van der Waals surface area contributed by atoms with Gasteiger partial charge in [0.15, 0.2) is 0 Å². The largest absolute Gasteiger partial charge is 0.466 e. The number of unbranched alkanes of at least 4 members (excludes halogenated alkanes) is 3. The van der Waals surface area contributed by atoms with E-state index in [4.69, 9.17) is 4.74 Å². The third-order valence-electron chi connectivity index (χ3n) is 3.79. The van der Waals surface area contributed by atoms with Crippen molar-refractivity contribution in [2.24, 2.45) is 0 Å². The molecule has 5 nitrogen and oxygen atoms in total. The molecule has 25 heavy (non-hydrogen) atoms. The molecule has 0 aromatic heterocycles. The molecule has 1 heterocycles. The van der Waals surface area contributed by atoms with Gasteiger partial charge in [0.2, 0.25) is 0 Å². The second kappa shape index (κ2) is 10.0. The predicted octanol–water partition coefficient (Wildman–Crippen LogP) is 4.24. The number of rotatable bonds is 9. The maximum atomic E-state index is 12.4. The summed E-state index contributed by atoms with van der Waals surface area (Å²) in [6.45, 7) is 2.63. The molecule has 0 bridgehead atoms. The van der Waals surface area contributed by atoms with Crippen LogP contribution in [-0.2, 0) is 14.3 Å². The van der Waals surface area contributed by atoms with Gasteiger partial charge in [-0.05, 0) is 43.2 Å². The lowest BCUT2D eigenvalue weighted by Crippen LogP contribution is -2.29. The molecule has 0 aliphatic carbocycles. The van der Waals surface area contributed by atoms with Crippen LogP contribution in [0.3, 0.4) is 0 Å². The topological polar surface area (TPSA) is 63.7 Å². The van der Waals surface area contributed by atoms with Crippen LogP contribution in [0.5, 0.6) is 0 Å². The zero-order valence-electron chi connectivity index (χ0n) is 14.4. The van der Waals surface area contributed by atoms with E-state index in [2.05, 4.69) is 0 Å². The van der Waals surface area contributed by atoms with E-state index < -0.39 is 0 Å². The molecule has 1 fully saturated rings. The number of amides is 2. The van der Waals surface area contributed by atoms with Crippen molar-refractivity contribution in [2.45, 2.75) is 39.0 Å². The lowest BCUT2D eigenvalue weighted by molar-refractivity contribution is -0.143. The van der Waals surface area contributed by atoms with Crippen LogP contribution in [0, 0.1) is 0 Å². The monoisotopic (exact) mass is 361 g/mol. The van der Waals surface area contributed by atoms with E-state index in [0.29, 0.717) is 24.5 Å². The number of hydrogen-bond donors (Lipinski definition) is 0. The van der Waals surface area contributed by atoms with Crippen LogP contribution in [0.25, 0.3) is 6.08 Å². The van der Waals surface area contributed by atoms with Crippen molar-refractivity contribution >= 4 is 35.0 Å². The van der Waals surface area contributed by atoms with Gasteiger partial charge in [0.25, 0.3) is 11.1 Å². The first kappa shape index (κ1) is 19.2. The van der Waals surface area contributed by atoms with Crippen LogP contribution in [0.2, 0.25) is 0 Å². The predicted molar refractivity (Wildman–Crippen MR) is 98.8 cm³/mol. The third-order valence-corrected chi connectivity index (χ3v) is 4.70. The van der Waals surface area contributed by atoms with E-state index in [1.807, 2.05) is 30.3 Å². The summed E-state index contributed by atoms with van der Waals surface area (Å²) in [7, 11) is 0. The summed E-state index contributed by atoms with van der Waals surface area (Å²) in [6.07, 6.45) is 5.46. The van der Waals surface area contributed by atoms with Gasteiger partial charge in [0, 0.05) is 13.0 Å². The Morgan fingerprint density at radius 1 is 1.12 bits per heavy atom.